The molecule has 1 aromatic heterocycles. The summed E-state index contributed by atoms with van der Waals surface area (Å²) >= 11 is 0. The summed E-state index contributed by atoms with van der Waals surface area (Å²) in [5.74, 6) is 0.0597. The molecule has 4 nitrogen and oxygen atoms in total. The second-order valence-electron chi connectivity index (χ2n) is 3.60. The highest BCUT2D eigenvalue weighted by molar-refractivity contribution is 5.78. The van der Waals surface area contributed by atoms with Crippen LogP contribution < -0.4 is 10.6 Å². The summed E-state index contributed by atoms with van der Waals surface area (Å²) in [7, 11) is 0. The van der Waals surface area contributed by atoms with Crippen molar-refractivity contribution in [2.45, 2.75) is 19.8 Å². The van der Waals surface area contributed by atoms with Gasteiger partial charge in [0.15, 0.2) is 0 Å². The van der Waals surface area contributed by atoms with Crippen molar-refractivity contribution in [1.82, 2.24) is 15.6 Å². The summed E-state index contributed by atoms with van der Waals surface area (Å²) in [5, 5.41) is 6.09. The lowest BCUT2D eigenvalue weighted by Gasteiger charge is -2.05. The van der Waals surface area contributed by atoms with Crippen molar-refractivity contribution in [2.75, 3.05) is 19.6 Å². The smallest absolute Gasteiger partial charge is 0.224 e. The van der Waals surface area contributed by atoms with Gasteiger partial charge in [-0.25, -0.2) is 0 Å². The maximum Gasteiger partial charge on any atom is 0.224 e. The van der Waals surface area contributed by atoms with Gasteiger partial charge in [-0.3, -0.25) is 9.78 Å². The van der Waals surface area contributed by atoms with Gasteiger partial charge in [0.05, 0.1) is 6.42 Å². The number of nitrogens with zero attached hydrogens (tertiary/aromatic N) is 1. The van der Waals surface area contributed by atoms with Crippen molar-refractivity contribution < 1.29 is 4.79 Å². The molecule has 0 aliphatic heterocycles. The summed E-state index contributed by atoms with van der Waals surface area (Å²) in [5.41, 5.74) is 0.951. The van der Waals surface area contributed by atoms with E-state index in [-0.39, 0.29) is 5.91 Å². The third kappa shape index (κ3) is 5.46. The highest BCUT2D eigenvalue weighted by Crippen LogP contribution is 1.96. The minimum absolute atomic E-state index is 0.0597. The standard InChI is InChI=1S/C12H19N3O/c1-2-13-7-4-8-15-12(16)9-11-5-3-6-14-10-11/h3,5-6,10,13H,2,4,7-9H2,1H3,(H,15,16). The molecule has 1 amide bonds. The lowest BCUT2D eigenvalue weighted by molar-refractivity contribution is -0.120. The second kappa shape index (κ2) is 7.82. The highest BCUT2D eigenvalue weighted by Gasteiger charge is 2.01. The van der Waals surface area contributed by atoms with Crippen molar-refractivity contribution in [3.8, 4) is 0 Å². The highest BCUT2D eigenvalue weighted by atomic mass is 16.1. The zero-order valence-corrected chi connectivity index (χ0v) is 9.70. The molecule has 0 bridgehead atoms. The van der Waals surface area contributed by atoms with Crippen LogP contribution in [0.25, 0.3) is 0 Å². The molecule has 0 aromatic carbocycles. The quantitative estimate of drug-likeness (QED) is 0.668. The molecule has 0 saturated carbocycles. The summed E-state index contributed by atoms with van der Waals surface area (Å²) in [6.07, 6.45) is 4.80. The molecule has 0 radical (unpaired) electrons. The van der Waals surface area contributed by atoms with E-state index >= 15 is 0 Å². The number of hydrogen-bond donors (Lipinski definition) is 2. The van der Waals surface area contributed by atoms with Gasteiger partial charge in [-0.1, -0.05) is 13.0 Å². The molecule has 0 saturated heterocycles. The Morgan fingerprint density at radius 2 is 2.31 bits per heavy atom. The van der Waals surface area contributed by atoms with E-state index in [2.05, 4.69) is 22.5 Å². The maximum atomic E-state index is 11.5. The Morgan fingerprint density at radius 3 is 3.00 bits per heavy atom. The second-order valence-corrected chi connectivity index (χ2v) is 3.60. The first-order valence-electron chi connectivity index (χ1n) is 5.69. The van der Waals surface area contributed by atoms with Crippen LogP contribution in [-0.2, 0) is 11.2 Å². The average Bonchev–Trinajstić information content (AvgIpc) is 2.30. The normalized spacial score (nSPS) is 10.1. The molecular formula is C12H19N3O. The molecule has 16 heavy (non-hydrogen) atoms. The first-order chi connectivity index (χ1) is 7.83. The van der Waals surface area contributed by atoms with Crippen molar-refractivity contribution in [1.29, 1.82) is 0 Å². The number of carbonyl (C=O) groups excluding carboxylic acids is 1. The fourth-order valence-electron chi connectivity index (χ4n) is 1.37. The van der Waals surface area contributed by atoms with Crippen LogP contribution in [0, 0.1) is 0 Å². The van der Waals surface area contributed by atoms with Gasteiger partial charge < -0.3 is 10.6 Å². The first-order valence-corrected chi connectivity index (χ1v) is 5.69. The number of nitrogens with one attached hydrogen (secondary N) is 2. The Hall–Kier alpha value is -1.42. The van der Waals surface area contributed by atoms with Gasteiger partial charge in [0, 0.05) is 18.9 Å². The van der Waals surface area contributed by atoms with Gasteiger partial charge in [-0.2, -0.15) is 0 Å². The Morgan fingerprint density at radius 1 is 1.44 bits per heavy atom. The van der Waals surface area contributed by atoms with Crippen LogP contribution in [0.3, 0.4) is 0 Å². The van der Waals surface area contributed by atoms with Crippen molar-refractivity contribution >= 4 is 5.91 Å². The zero-order chi connectivity index (χ0) is 11.6. The molecule has 1 heterocycles. The Bertz CT molecular complexity index is 300. The molecule has 4 heteroatoms. The molecule has 1 rings (SSSR count). The van der Waals surface area contributed by atoms with E-state index < -0.39 is 0 Å². The van der Waals surface area contributed by atoms with Crippen molar-refractivity contribution in [3.63, 3.8) is 0 Å². The van der Waals surface area contributed by atoms with E-state index in [9.17, 15) is 4.79 Å². The van der Waals surface area contributed by atoms with E-state index in [1.807, 2.05) is 12.1 Å². The maximum absolute atomic E-state index is 11.5. The molecule has 2 N–H and O–H groups in total. The molecular weight excluding hydrogens is 202 g/mol. The van der Waals surface area contributed by atoms with Crippen LogP contribution in [0.5, 0.6) is 0 Å². The number of hydrogen-bond acceptors (Lipinski definition) is 3. The lowest BCUT2D eigenvalue weighted by atomic mass is 10.2. The average molecular weight is 221 g/mol. The molecule has 1 aromatic rings. The number of pyridine rings is 1. The predicted molar refractivity (Wildman–Crippen MR) is 64.1 cm³/mol. The van der Waals surface area contributed by atoms with Crippen molar-refractivity contribution in [2.24, 2.45) is 0 Å². The number of rotatable bonds is 7. The fourth-order valence-corrected chi connectivity index (χ4v) is 1.37. The largest absolute Gasteiger partial charge is 0.356 e. The minimum atomic E-state index is 0.0597. The molecule has 0 aliphatic rings. The van der Waals surface area contributed by atoms with Gasteiger partial charge >= 0.3 is 0 Å². The number of carbonyl (C=O) groups is 1. The minimum Gasteiger partial charge on any atom is -0.356 e. The van der Waals surface area contributed by atoms with Crippen LogP contribution >= 0.6 is 0 Å². The molecule has 88 valence electrons. The molecule has 0 aliphatic carbocycles. The van der Waals surface area contributed by atoms with E-state index in [4.69, 9.17) is 0 Å². The Labute approximate surface area is 96.5 Å². The summed E-state index contributed by atoms with van der Waals surface area (Å²) in [4.78, 5) is 15.5. The summed E-state index contributed by atoms with van der Waals surface area (Å²) in [6, 6.07) is 3.75. The topological polar surface area (TPSA) is 54.0 Å². The van der Waals surface area contributed by atoms with E-state index in [1.165, 1.54) is 0 Å². The Kier molecular flexibility index (Phi) is 6.18. The zero-order valence-electron chi connectivity index (χ0n) is 9.70. The van der Waals surface area contributed by atoms with Gasteiger partial charge in [0.1, 0.15) is 0 Å². The van der Waals surface area contributed by atoms with Crippen LogP contribution in [0.15, 0.2) is 24.5 Å². The monoisotopic (exact) mass is 221 g/mol. The SMILES string of the molecule is CCNCCCNC(=O)Cc1cccnc1. The third-order valence-corrected chi connectivity index (χ3v) is 2.19. The van der Waals surface area contributed by atoms with Gasteiger partial charge in [-0.05, 0) is 31.1 Å². The number of aromatic nitrogens is 1. The molecule has 0 unspecified atom stereocenters. The Balaban J connectivity index is 2.12. The number of amides is 1. The molecule has 0 spiro atoms. The van der Waals surface area contributed by atoms with Gasteiger partial charge in [0.25, 0.3) is 0 Å². The summed E-state index contributed by atoms with van der Waals surface area (Å²) < 4.78 is 0. The van der Waals surface area contributed by atoms with Crippen LogP contribution in [0.4, 0.5) is 0 Å². The van der Waals surface area contributed by atoms with Crippen LogP contribution in [0.2, 0.25) is 0 Å². The third-order valence-electron chi connectivity index (χ3n) is 2.19. The van der Waals surface area contributed by atoms with E-state index in [0.717, 1.165) is 31.6 Å². The molecule has 0 atom stereocenters. The lowest BCUT2D eigenvalue weighted by Crippen LogP contribution is -2.28. The summed E-state index contributed by atoms with van der Waals surface area (Å²) in [6.45, 7) is 4.72. The van der Waals surface area contributed by atoms with Crippen molar-refractivity contribution in [3.05, 3.63) is 30.1 Å². The first kappa shape index (κ1) is 12.6. The van der Waals surface area contributed by atoms with Gasteiger partial charge in [0.2, 0.25) is 5.91 Å². The van der Waals surface area contributed by atoms with Crippen LogP contribution in [-0.4, -0.2) is 30.5 Å². The van der Waals surface area contributed by atoms with Gasteiger partial charge in [-0.15, -0.1) is 0 Å². The predicted octanol–water partition coefficient (Wildman–Crippen LogP) is 0.740. The van der Waals surface area contributed by atoms with E-state index in [0.29, 0.717) is 6.42 Å². The van der Waals surface area contributed by atoms with E-state index in [1.54, 1.807) is 12.4 Å². The molecule has 0 fully saturated rings. The fraction of sp³-hybridized carbons (Fsp3) is 0.500. The van der Waals surface area contributed by atoms with Crippen LogP contribution in [0.1, 0.15) is 18.9 Å².